The zero-order chi connectivity index (χ0) is 20.0. The van der Waals surface area contributed by atoms with E-state index in [0.717, 1.165) is 16.3 Å². The molecule has 1 aliphatic heterocycles. The molecule has 1 aromatic heterocycles. The van der Waals surface area contributed by atoms with Gasteiger partial charge in [0.2, 0.25) is 11.8 Å². The summed E-state index contributed by atoms with van der Waals surface area (Å²) in [5.41, 5.74) is 1.86. The number of amides is 2. The third kappa shape index (κ3) is 3.00. The number of hydrogen-bond acceptors (Lipinski definition) is 3. The molecule has 1 aliphatic rings. The normalized spacial score (nSPS) is 16.3. The van der Waals surface area contributed by atoms with Crippen molar-refractivity contribution in [3.63, 3.8) is 0 Å². The quantitative estimate of drug-likeness (QED) is 0.500. The van der Waals surface area contributed by atoms with Crippen LogP contribution in [0, 0.1) is 5.82 Å². The van der Waals surface area contributed by atoms with Gasteiger partial charge in [0.05, 0.1) is 16.6 Å². The van der Waals surface area contributed by atoms with Crippen LogP contribution in [-0.2, 0) is 9.59 Å². The van der Waals surface area contributed by atoms with Gasteiger partial charge in [-0.2, -0.15) is 5.10 Å². The van der Waals surface area contributed by atoms with E-state index in [-0.39, 0.29) is 11.6 Å². The van der Waals surface area contributed by atoms with E-state index in [1.54, 1.807) is 6.07 Å². The Hall–Kier alpha value is -3.74. The molecule has 7 heteroatoms. The number of halogens is 1. The van der Waals surface area contributed by atoms with Crippen LogP contribution in [0.15, 0.2) is 54.6 Å². The Morgan fingerprint density at radius 2 is 1.93 bits per heavy atom. The molecule has 6 nitrogen and oxygen atoms in total. The third-order valence-corrected chi connectivity index (χ3v) is 5.26. The largest absolute Gasteiger partial charge is 0.344 e. The van der Waals surface area contributed by atoms with E-state index >= 15 is 4.39 Å². The molecule has 1 unspecified atom stereocenters. The second-order valence-corrected chi connectivity index (χ2v) is 7.13. The Morgan fingerprint density at radius 3 is 2.72 bits per heavy atom. The molecule has 5 rings (SSSR count). The van der Waals surface area contributed by atoms with Gasteiger partial charge in [0.25, 0.3) is 0 Å². The Balaban J connectivity index is 1.54. The molecule has 0 aliphatic carbocycles. The lowest BCUT2D eigenvalue weighted by atomic mass is 10.0. The lowest BCUT2D eigenvalue weighted by Crippen LogP contribution is -2.37. The summed E-state index contributed by atoms with van der Waals surface area (Å²) in [6.07, 6.45) is 0.704. The number of nitrogens with zero attached hydrogens (tertiary/aromatic N) is 1. The third-order valence-electron chi connectivity index (χ3n) is 5.26. The summed E-state index contributed by atoms with van der Waals surface area (Å²) in [6, 6.07) is 16.3. The number of hydrogen-bond donors (Lipinski definition) is 3. The number of anilines is 1. The summed E-state index contributed by atoms with van der Waals surface area (Å²) < 4.78 is 15.3. The van der Waals surface area contributed by atoms with Crippen molar-refractivity contribution < 1.29 is 14.0 Å². The summed E-state index contributed by atoms with van der Waals surface area (Å²) in [6.45, 7) is 0. The van der Waals surface area contributed by atoms with Crippen molar-refractivity contribution in [2.24, 2.45) is 0 Å². The Labute approximate surface area is 165 Å². The van der Waals surface area contributed by atoms with Crippen LogP contribution in [0.1, 0.15) is 12.8 Å². The van der Waals surface area contributed by atoms with Crippen LogP contribution in [-0.4, -0.2) is 28.1 Å². The predicted molar refractivity (Wildman–Crippen MR) is 109 cm³/mol. The van der Waals surface area contributed by atoms with Gasteiger partial charge in [0.1, 0.15) is 11.7 Å². The van der Waals surface area contributed by atoms with Gasteiger partial charge < -0.3 is 10.6 Å². The number of nitrogens with one attached hydrogen (secondary N) is 3. The Bertz CT molecular complexity index is 1280. The fourth-order valence-electron chi connectivity index (χ4n) is 3.75. The van der Waals surface area contributed by atoms with Gasteiger partial charge in [-0.15, -0.1) is 0 Å². The molecule has 1 fully saturated rings. The van der Waals surface area contributed by atoms with Crippen LogP contribution in [0.5, 0.6) is 0 Å². The molecule has 0 bridgehead atoms. The van der Waals surface area contributed by atoms with Gasteiger partial charge in [-0.05, 0) is 35.4 Å². The van der Waals surface area contributed by atoms with Crippen LogP contribution >= 0.6 is 0 Å². The number of benzene rings is 3. The molecule has 3 aromatic carbocycles. The van der Waals surface area contributed by atoms with E-state index in [9.17, 15) is 9.59 Å². The van der Waals surface area contributed by atoms with E-state index in [1.165, 1.54) is 6.07 Å². The zero-order valence-corrected chi connectivity index (χ0v) is 15.3. The molecule has 0 spiro atoms. The summed E-state index contributed by atoms with van der Waals surface area (Å²) >= 11 is 0. The summed E-state index contributed by atoms with van der Waals surface area (Å²) in [5.74, 6) is -1.16. The first kappa shape index (κ1) is 17.4. The van der Waals surface area contributed by atoms with Gasteiger partial charge in [0, 0.05) is 12.0 Å². The van der Waals surface area contributed by atoms with Crippen LogP contribution in [0.25, 0.3) is 32.9 Å². The van der Waals surface area contributed by atoms with Crippen LogP contribution < -0.4 is 10.6 Å². The number of fused-ring (bicyclic) bond motifs is 2. The number of aromatic amines is 1. The van der Waals surface area contributed by atoms with E-state index < -0.39 is 17.8 Å². The summed E-state index contributed by atoms with van der Waals surface area (Å²) in [5, 5.41) is 14.8. The molecule has 4 aromatic rings. The summed E-state index contributed by atoms with van der Waals surface area (Å²) in [4.78, 5) is 23.7. The average molecular weight is 388 g/mol. The van der Waals surface area contributed by atoms with Gasteiger partial charge in [-0.25, -0.2) is 4.39 Å². The zero-order valence-electron chi connectivity index (χ0n) is 15.3. The molecule has 3 N–H and O–H groups in total. The highest BCUT2D eigenvalue weighted by Crippen LogP contribution is 2.33. The molecular weight excluding hydrogens is 371 g/mol. The monoisotopic (exact) mass is 388 g/mol. The highest BCUT2D eigenvalue weighted by atomic mass is 19.1. The SMILES string of the molecule is O=C1CCC(C(=O)Nc2ccc3[nH]nc(-c4ccc5ccccc5c4)c3c2F)N1. The van der Waals surface area contributed by atoms with E-state index in [4.69, 9.17) is 0 Å². The predicted octanol–water partition coefficient (Wildman–Crippen LogP) is 3.74. The van der Waals surface area contributed by atoms with Crippen molar-refractivity contribution >= 4 is 39.2 Å². The number of rotatable bonds is 3. The second-order valence-electron chi connectivity index (χ2n) is 7.13. The number of carbonyl (C=O) groups excluding carboxylic acids is 2. The van der Waals surface area contributed by atoms with Gasteiger partial charge in [-0.1, -0.05) is 36.4 Å². The maximum atomic E-state index is 15.3. The van der Waals surface area contributed by atoms with Crippen molar-refractivity contribution in [3.05, 3.63) is 60.4 Å². The van der Waals surface area contributed by atoms with E-state index in [2.05, 4.69) is 20.8 Å². The molecule has 0 radical (unpaired) electrons. The van der Waals surface area contributed by atoms with Crippen molar-refractivity contribution in [3.8, 4) is 11.3 Å². The van der Waals surface area contributed by atoms with E-state index in [0.29, 0.717) is 29.4 Å². The molecular formula is C22H17FN4O2. The maximum absolute atomic E-state index is 15.3. The fourth-order valence-corrected chi connectivity index (χ4v) is 3.75. The van der Waals surface area contributed by atoms with Crippen LogP contribution in [0.3, 0.4) is 0 Å². The molecule has 2 heterocycles. The molecule has 144 valence electrons. The smallest absolute Gasteiger partial charge is 0.247 e. The first-order valence-electron chi connectivity index (χ1n) is 9.36. The van der Waals surface area contributed by atoms with Crippen LogP contribution in [0.2, 0.25) is 0 Å². The number of H-pyrrole nitrogens is 1. The Morgan fingerprint density at radius 1 is 1.10 bits per heavy atom. The van der Waals surface area contributed by atoms with E-state index in [1.807, 2.05) is 42.5 Å². The van der Waals surface area contributed by atoms with Gasteiger partial charge >= 0.3 is 0 Å². The lowest BCUT2D eigenvalue weighted by Gasteiger charge is -2.12. The average Bonchev–Trinajstić information content (AvgIpc) is 3.36. The Kier molecular flexibility index (Phi) is 4.01. The lowest BCUT2D eigenvalue weighted by molar-refractivity contribution is -0.122. The van der Waals surface area contributed by atoms with Crippen molar-refractivity contribution in [2.45, 2.75) is 18.9 Å². The van der Waals surface area contributed by atoms with Crippen molar-refractivity contribution in [1.29, 1.82) is 0 Å². The minimum atomic E-state index is -0.637. The highest BCUT2D eigenvalue weighted by molar-refractivity contribution is 6.03. The second kappa shape index (κ2) is 6.70. The summed E-state index contributed by atoms with van der Waals surface area (Å²) in [7, 11) is 0. The highest BCUT2D eigenvalue weighted by Gasteiger charge is 2.28. The topological polar surface area (TPSA) is 86.9 Å². The number of carbonyl (C=O) groups is 2. The van der Waals surface area contributed by atoms with Crippen molar-refractivity contribution in [2.75, 3.05) is 5.32 Å². The van der Waals surface area contributed by atoms with Crippen LogP contribution in [0.4, 0.5) is 10.1 Å². The first-order chi connectivity index (χ1) is 14.1. The molecule has 1 saturated heterocycles. The minimum absolute atomic E-state index is 0.0621. The standard InChI is InChI=1S/C22H17FN4O2/c23-20-16(25-22(29)17-9-10-18(28)24-17)8-7-15-19(20)21(27-26-15)14-6-5-12-3-1-2-4-13(12)11-14/h1-8,11,17H,9-10H2,(H,24,28)(H,25,29)(H,26,27). The fraction of sp³-hybridized carbons (Fsp3) is 0.136. The van der Waals surface area contributed by atoms with Gasteiger partial charge in [0.15, 0.2) is 5.82 Å². The maximum Gasteiger partial charge on any atom is 0.247 e. The van der Waals surface area contributed by atoms with Gasteiger partial charge in [-0.3, -0.25) is 14.7 Å². The van der Waals surface area contributed by atoms with Crippen molar-refractivity contribution in [1.82, 2.24) is 15.5 Å². The molecule has 0 saturated carbocycles. The molecule has 2 amide bonds. The first-order valence-corrected chi connectivity index (χ1v) is 9.36. The molecule has 1 atom stereocenters. The molecule has 29 heavy (non-hydrogen) atoms. The number of aromatic nitrogens is 2. The minimum Gasteiger partial charge on any atom is -0.344 e.